The van der Waals surface area contributed by atoms with Gasteiger partial charge in [0.1, 0.15) is 0 Å². The predicted octanol–water partition coefficient (Wildman–Crippen LogP) is 6.14. The first kappa shape index (κ1) is 18.3. The molecule has 1 saturated carbocycles. The quantitative estimate of drug-likeness (QED) is 0.577. The normalized spacial score (nSPS) is 30.7. The lowest BCUT2D eigenvalue weighted by Gasteiger charge is -2.42. The van der Waals surface area contributed by atoms with Crippen LogP contribution in [0.25, 0.3) is 5.57 Å². The summed E-state index contributed by atoms with van der Waals surface area (Å²) < 4.78 is 0. The van der Waals surface area contributed by atoms with Crippen molar-refractivity contribution in [1.82, 2.24) is 4.90 Å². The van der Waals surface area contributed by atoms with Gasteiger partial charge in [0.25, 0.3) is 0 Å². The molecule has 0 N–H and O–H groups in total. The Morgan fingerprint density at radius 2 is 1.71 bits per heavy atom. The van der Waals surface area contributed by atoms with Gasteiger partial charge in [0.15, 0.2) is 0 Å². The minimum atomic E-state index is 0. The van der Waals surface area contributed by atoms with Gasteiger partial charge in [-0.1, -0.05) is 37.1 Å². The lowest BCUT2D eigenvalue weighted by Crippen LogP contribution is -2.41. The zero-order valence-corrected chi connectivity index (χ0v) is 16.1. The van der Waals surface area contributed by atoms with Gasteiger partial charge in [-0.2, -0.15) is 0 Å². The minimum Gasteiger partial charge on any atom is -0.300 e. The van der Waals surface area contributed by atoms with Crippen LogP contribution in [-0.2, 0) is 6.42 Å². The van der Waals surface area contributed by atoms with Crippen molar-refractivity contribution in [3.63, 3.8) is 0 Å². The highest BCUT2D eigenvalue weighted by molar-refractivity contribution is 6.30. The molecule has 0 bridgehead atoms. The fourth-order valence-electron chi connectivity index (χ4n) is 5.22. The Morgan fingerprint density at radius 1 is 1.04 bits per heavy atom. The van der Waals surface area contributed by atoms with Gasteiger partial charge in [-0.15, -0.1) is 12.4 Å². The van der Waals surface area contributed by atoms with Crippen molar-refractivity contribution < 1.29 is 0 Å². The van der Waals surface area contributed by atoms with E-state index in [1.165, 1.54) is 81.2 Å². The maximum Gasteiger partial charge on any atom is 0.0409 e. The van der Waals surface area contributed by atoms with Crippen LogP contribution in [-0.4, -0.2) is 24.0 Å². The largest absolute Gasteiger partial charge is 0.300 e. The molecule has 4 rings (SSSR count). The SMILES string of the molecule is C=C1c2ccc(Cl)cc2CC12CCC(N1CCCCCC1)CC2.Cl. The Labute approximate surface area is 157 Å². The summed E-state index contributed by atoms with van der Waals surface area (Å²) in [6.45, 7) is 7.15. The number of hydrogen-bond donors (Lipinski definition) is 0. The summed E-state index contributed by atoms with van der Waals surface area (Å²) in [6, 6.07) is 7.19. The van der Waals surface area contributed by atoms with Crippen LogP contribution in [0.15, 0.2) is 24.8 Å². The highest BCUT2D eigenvalue weighted by Gasteiger charge is 2.43. The first-order valence-corrected chi connectivity index (χ1v) is 9.78. The first-order valence-electron chi connectivity index (χ1n) is 9.40. The van der Waals surface area contributed by atoms with E-state index >= 15 is 0 Å². The summed E-state index contributed by atoms with van der Waals surface area (Å²) in [6.07, 6.45) is 12.1. The number of hydrogen-bond acceptors (Lipinski definition) is 1. The molecule has 2 aliphatic carbocycles. The lowest BCUT2D eigenvalue weighted by atomic mass is 9.68. The topological polar surface area (TPSA) is 3.24 Å². The van der Waals surface area contributed by atoms with Gasteiger partial charge in [-0.3, -0.25) is 0 Å². The predicted molar refractivity (Wildman–Crippen MR) is 106 cm³/mol. The molecule has 0 unspecified atom stereocenters. The number of rotatable bonds is 1. The number of benzene rings is 1. The van der Waals surface area contributed by atoms with Gasteiger partial charge < -0.3 is 4.90 Å². The number of halogens is 2. The average molecular weight is 366 g/mol. The molecule has 3 heteroatoms. The summed E-state index contributed by atoms with van der Waals surface area (Å²) in [7, 11) is 0. The summed E-state index contributed by atoms with van der Waals surface area (Å²) in [5.74, 6) is 0. The molecule has 3 aliphatic rings. The Kier molecular flexibility index (Phi) is 5.64. The highest BCUT2D eigenvalue weighted by atomic mass is 35.5. The molecule has 1 spiro atoms. The second-order valence-electron chi connectivity index (χ2n) is 7.92. The molecular weight excluding hydrogens is 337 g/mol. The Bertz CT molecular complexity index is 594. The van der Waals surface area contributed by atoms with Crippen molar-refractivity contribution >= 4 is 29.6 Å². The second-order valence-corrected chi connectivity index (χ2v) is 8.35. The standard InChI is InChI=1S/C21H28ClN.ClH/c1-16-20-7-6-18(22)14-17(20)15-21(16)10-8-19(9-11-21)23-12-4-2-3-5-13-23;/h6-7,14,19H,1-5,8-13,15H2;1H. The molecule has 2 fully saturated rings. The molecule has 0 aromatic heterocycles. The monoisotopic (exact) mass is 365 g/mol. The second kappa shape index (κ2) is 7.40. The third-order valence-electron chi connectivity index (χ3n) is 6.63. The van der Waals surface area contributed by atoms with Crippen molar-refractivity contribution in [3.8, 4) is 0 Å². The fourth-order valence-corrected chi connectivity index (χ4v) is 5.41. The molecule has 1 aliphatic heterocycles. The Hall–Kier alpha value is -0.500. The zero-order chi connectivity index (χ0) is 15.9. The van der Waals surface area contributed by atoms with Crippen LogP contribution in [0.2, 0.25) is 5.02 Å². The molecule has 1 nitrogen and oxygen atoms in total. The van der Waals surface area contributed by atoms with E-state index in [0.717, 1.165) is 17.5 Å². The minimum absolute atomic E-state index is 0. The van der Waals surface area contributed by atoms with Crippen LogP contribution in [0.3, 0.4) is 0 Å². The lowest BCUT2D eigenvalue weighted by molar-refractivity contribution is 0.121. The van der Waals surface area contributed by atoms with E-state index < -0.39 is 0 Å². The maximum atomic E-state index is 6.20. The molecule has 0 atom stereocenters. The van der Waals surface area contributed by atoms with E-state index in [1.54, 1.807) is 0 Å². The first-order chi connectivity index (χ1) is 11.2. The fraction of sp³-hybridized carbons (Fsp3) is 0.619. The molecule has 0 radical (unpaired) electrons. The maximum absolute atomic E-state index is 6.20. The van der Waals surface area contributed by atoms with E-state index in [1.807, 2.05) is 6.07 Å². The van der Waals surface area contributed by atoms with Crippen LogP contribution in [0, 0.1) is 5.41 Å². The smallest absolute Gasteiger partial charge is 0.0409 e. The van der Waals surface area contributed by atoms with Gasteiger partial charge in [0.05, 0.1) is 0 Å². The van der Waals surface area contributed by atoms with Crippen LogP contribution < -0.4 is 0 Å². The van der Waals surface area contributed by atoms with Crippen molar-refractivity contribution in [2.75, 3.05) is 13.1 Å². The van der Waals surface area contributed by atoms with Crippen LogP contribution in [0.5, 0.6) is 0 Å². The van der Waals surface area contributed by atoms with E-state index in [0.29, 0.717) is 5.41 Å². The van der Waals surface area contributed by atoms with Crippen molar-refractivity contribution in [2.45, 2.75) is 63.8 Å². The molecule has 24 heavy (non-hydrogen) atoms. The number of likely N-dealkylation sites (tertiary alicyclic amines) is 1. The van der Waals surface area contributed by atoms with Gasteiger partial charge in [0, 0.05) is 11.1 Å². The van der Waals surface area contributed by atoms with Gasteiger partial charge in [0.2, 0.25) is 0 Å². The number of allylic oxidation sites excluding steroid dienone is 1. The average Bonchev–Trinajstić information content (AvgIpc) is 2.75. The molecule has 132 valence electrons. The summed E-state index contributed by atoms with van der Waals surface area (Å²) in [4.78, 5) is 2.79. The van der Waals surface area contributed by atoms with Crippen molar-refractivity contribution in [3.05, 3.63) is 40.9 Å². The molecule has 1 aromatic rings. The third-order valence-corrected chi connectivity index (χ3v) is 6.87. The van der Waals surface area contributed by atoms with E-state index in [2.05, 4.69) is 23.6 Å². The number of fused-ring (bicyclic) bond motifs is 1. The van der Waals surface area contributed by atoms with Crippen LogP contribution >= 0.6 is 24.0 Å². The van der Waals surface area contributed by atoms with E-state index in [9.17, 15) is 0 Å². The summed E-state index contributed by atoms with van der Waals surface area (Å²) in [5, 5.41) is 0.867. The van der Waals surface area contributed by atoms with Crippen LogP contribution in [0.4, 0.5) is 0 Å². The molecule has 1 heterocycles. The third kappa shape index (κ3) is 3.28. The van der Waals surface area contributed by atoms with E-state index in [-0.39, 0.29) is 12.4 Å². The zero-order valence-electron chi connectivity index (χ0n) is 14.5. The molecular formula is C21H29Cl2N. The Balaban J connectivity index is 0.00000169. The number of nitrogens with zero attached hydrogens (tertiary/aromatic N) is 1. The van der Waals surface area contributed by atoms with Gasteiger partial charge in [-0.05, 0) is 92.3 Å². The Morgan fingerprint density at radius 3 is 2.38 bits per heavy atom. The van der Waals surface area contributed by atoms with Gasteiger partial charge >= 0.3 is 0 Å². The molecule has 0 amide bonds. The molecule has 1 aromatic carbocycles. The van der Waals surface area contributed by atoms with Gasteiger partial charge in [-0.25, -0.2) is 0 Å². The summed E-state index contributed by atoms with van der Waals surface area (Å²) in [5.41, 5.74) is 4.52. The highest BCUT2D eigenvalue weighted by Crippen LogP contribution is 2.54. The molecule has 1 saturated heterocycles. The van der Waals surface area contributed by atoms with Crippen molar-refractivity contribution in [1.29, 1.82) is 0 Å². The van der Waals surface area contributed by atoms with E-state index in [4.69, 9.17) is 11.6 Å². The van der Waals surface area contributed by atoms with Crippen LogP contribution in [0.1, 0.15) is 62.5 Å². The summed E-state index contributed by atoms with van der Waals surface area (Å²) >= 11 is 6.20. The van der Waals surface area contributed by atoms with Crippen molar-refractivity contribution in [2.24, 2.45) is 5.41 Å².